The molecule has 57 heavy (non-hydrogen) atoms. The van der Waals surface area contributed by atoms with Gasteiger partial charge in [-0.05, 0) is 51.4 Å². The highest BCUT2D eigenvalue weighted by molar-refractivity contribution is 6.21. The van der Waals surface area contributed by atoms with Crippen LogP contribution in [0.3, 0.4) is 0 Å². The minimum atomic E-state index is -0.132. The van der Waals surface area contributed by atoms with E-state index in [1.165, 1.54) is 27.8 Å². The standard InChI is InChI=1S/C52H34N4O/c1-52(2)42-23-10-8-19-41(42)46-37(20-13-24-43(46)52)38-21-12-22-39-40-29-26-31-14-6-7-17-34(31)47(40)56(48(38)39)51-54-49(32-15-4-3-5-16-32)53-50(55-51)33-27-28-36-35-18-9-11-25-44(35)57-45(36)30-33/h3-30H,1-2H3. The highest BCUT2D eigenvalue weighted by Crippen LogP contribution is 2.53. The zero-order valence-corrected chi connectivity index (χ0v) is 31.4. The fourth-order valence-electron chi connectivity index (χ4n) is 9.40. The summed E-state index contributed by atoms with van der Waals surface area (Å²) in [5, 5.41) is 6.72. The molecule has 0 unspecified atom stereocenters. The lowest BCUT2D eigenvalue weighted by molar-refractivity contribution is 0.660. The zero-order chi connectivity index (χ0) is 37.8. The number of rotatable bonds is 4. The lowest BCUT2D eigenvalue weighted by atomic mass is 9.82. The van der Waals surface area contributed by atoms with E-state index in [4.69, 9.17) is 19.4 Å². The number of hydrogen-bond donors (Lipinski definition) is 0. The topological polar surface area (TPSA) is 56.7 Å². The minimum Gasteiger partial charge on any atom is -0.456 e. The van der Waals surface area contributed by atoms with Crippen LogP contribution in [0.2, 0.25) is 0 Å². The Morgan fingerprint density at radius 1 is 0.439 bits per heavy atom. The van der Waals surface area contributed by atoms with Gasteiger partial charge in [0.2, 0.25) is 5.95 Å². The van der Waals surface area contributed by atoms with E-state index in [1.54, 1.807) is 0 Å². The van der Waals surface area contributed by atoms with Gasteiger partial charge < -0.3 is 4.42 Å². The number of para-hydroxylation sites is 2. The number of nitrogens with zero attached hydrogens (tertiary/aromatic N) is 4. The summed E-state index contributed by atoms with van der Waals surface area (Å²) in [6.45, 7) is 4.68. The number of hydrogen-bond acceptors (Lipinski definition) is 4. The van der Waals surface area contributed by atoms with Gasteiger partial charge in [-0.2, -0.15) is 9.97 Å². The maximum Gasteiger partial charge on any atom is 0.238 e. The van der Waals surface area contributed by atoms with Crippen LogP contribution in [0, 0.1) is 0 Å². The molecule has 0 saturated heterocycles. The van der Waals surface area contributed by atoms with Crippen molar-refractivity contribution in [3.63, 3.8) is 0 Å². The van der Waals surface area contributed by atoms with E-state index in [2.05, 4.69) is 152 Å². The van der Waals surface area contributed by atoms with Crippen molar-refractivity contribution in [3.8, 4) is 51.0 Å². The third-order valence-electron chi connectivity index (χ3n) is 12.1. The highest BCUT2D eigenvalue weighted by Gasteiger charge is 2.37. The van der Waals surface area contributed by atoms with E-state index in [9.17, 15) is 0 Å². The summed E-state index contributed by atoms with van der Waals surface area (Å²) in [6.07, 6.45) is 0. The van der Waals surface area contributed by atoms with Gasteiger partial charge in [-0.1, -0.05) is 166 Å². The number of fused-ring (bicyclic) bond motifs is 11. The molecule has 5 nitrogen and oxygen atoms in total. The lowest BCUT2D eigenvalue weighted by Gasteiger charge is -2.21. The van der Waals surface area contributed by atoms with Crippen LogP contribution >= 0.6 is 0 Å². The van der Waals surface area contributed by atoms with Crippen molar-refractivity contribution >= 4 is 54.5 Å². The number of furan rings is 1. The van der Waals surface area contributed by atoms with Crippen LogP contribution in [0.15, 0.2) is 174 Å². The summed E-state index contributed by atoms with van der Waals surface area (Å²) < 4.78 is 8.66. The Bertz CT molecular complexity index is 3450. The van der Waals surface area contributed by atoms with Crippen molar-refractivity contribution in [3.05, 3.63) is 181 Å². The highest BCUT2D eigenvalue weighted by atomic mass is 16.3. The summed E-state index contributed by atoms with van der Waals surface area (Å²) in [6, 6.07) is 60.1. The summed E-state index contributed by atoms with van der Waals surface area (Å²) >= 11 is 0. The molecule has 0 aliphatic heterocycles. The zero-order valence-electron chi connectivity index (χ0n) is 31.4. The Hall–Kier alpha value is -7.37. The molecule has 3 aromatic heterocycles. The second kappa shape index (κ2) is 11.8. The van der Waals surface area contributed by atoms with Crippen LogP contribution in [0.25, 0.3) is 105 Å². The largest absolute Gasteiger partial charge is 0.456 e. The Kier molecular flexibility index (Phi) is 6.62. The minimum absolute atomic E-state index is 0.132. The second-order valence-corrected chi connectivity index (χ2v) is 15.6. The molecule has 1 aliphatic carbocycles. The molecule has 0 atom stereocenters. The van der Waals surface area contributed by atoms with Gasteiger partial charge in [0.15, 0.2) is 11.6 Å². The van der Waals surface area contributed by atoms with Crippen LogP contribution in [0.1, 0.15) is 25.0 Å². The average Bonchev–Trinajstić information content (AvgIpc) is 3.89. The van der Waals surface area contributed by atoms with Crippen molar-refractivity contribution in [2.24, 2.45) is 0 Å². The molecule has 0 bridgehead atoms. The Labute approximate surface area is 328 Å². The third-order valence-corrected chi connectivity index (χ3v) is 12.1. The van der Waals surface area contributed by atoms with Crippen LogP contribution in [0.4, 0.5) is 0 Å². The molecular weight excluding hydrogens is 697 g/mol. The van der Waals surface area contributed by atoms with Crippen LogP contribution in [0.5, 0.6) is 0 Å². The smallest absolute Gasteiger partial charge is 0.238 e. The van der Waals surface area contributed by atoms with E-state index in [0.717, 1.165) is 71.2 Å². The molecule has 1 aliphatic rings. The quantitative estimate of drug-likeness (QED) is 0.181. The molecule has 268 valence electrons. The van der Waals surface area contributed by atoms with E-state index in [-0.39, 0.29) is 5.41 Å². The first kappa shape index (κ1) is 31.9. The molecular formula is C52H34N4O. The summed E-state index contributed by atoms with van der Waals surface area (Å²) in [7, 11) is 0. The van der Waals surface area contributed by atoms with Crippen LogP contribution < -0.4 is 0 Å². The second-order valence-electron chi connectivity index (χ2n) is 15.6. The fraction of sp³-hybridized carbons (Fsp3) is 0.0577. The molecule has 0 fully saturated rings. The monoisotopic (exact) mass is 730 g/mol. The van der Waals surface area contributed by atoms with Crippen molar-refractivity contribution < 1.29 is 4.42 Å². The predicted molar refractivity (Wildman–Crippen MR) is 233 cm³/mol. The SMILES string of the molecule is CC1(C)c2ccccc2-c2c(-c3cccc4c5ccc6ccccc6c5n(-c5nc(-c6ccccc6)nc(-c6ccc7c(c6)oc6ccccc67)n5)c34)cccc21. The Balaban J connectivity index is 1.20. The van der Waals surface area contributed by atoms with Crippen LogP contribution in [-0.4, -0.2) is 19.5 Å². The van der Waals surface area contributed by atoms with E-state index < -0.39 is 0 Å². The lowest BCUT2D eigenvalue weighted by Crippen LogP contribution is -2.14. The van der Waals surface area contributed by atoms with Gasteiger partial charge in [0.1, 0.15) is 11.2 Å². The van der Waals surface area contributed by atoms with Gasteiger partial charge in [-0.3, -0.25) is 4.57 Å². The molecule has 12 rings (SSSR count). The third kappa shape index (κ3) is 4.60. The number of benzene rings is 8. The molecule has 0 N–H and O–H groups in total. The maximum atomic E-state index is 6.36. The first-order valence-corrected chi connectivity index (χ1v) is 19.5. The summed E-state index contributed by atoms with van der Waals surface area (Å²) in [5.41, 5.74) is 13.0. The van der Waals surface area contributed by atoms with E-state index in [0.29, 0.717) is 17.6 Å². The van der Waals surface area contributed by atoms with Gasteiger partial charge in [0.25, 0.3) is 0 Å². The molecule has 0 saturated carbocycles. The van der Waals surface area contributed by atoms with Crippen molar-refractivity contribution in [1.82, 2.24) is 19.5 Å². The van der Waals surface area contributed by atoms with Gasteiger partial charge >= 0.3 is 0 Å². The summed E-state index contributed by atoms with van der Waals surface area (Å²) in [4.78, 5) is 15.9. The molecule has 3 heterocycles. The van der Waals surface area contributed by atoms with Gasteiger partial charge in [-0.15, -0.1) is 0 Å². The average molecular weight is 731 g/mol. The van der Waals surface area contributed by atoms with Gasteiger partial charge in [-0.25, -0.2) is 4.98 Å². The van der Waals surface area contributed by atoms with Gasteiger partial charge in [0.05, 0.1) is 11.0 Å². The Morgan fingerprint density at radius 3 is 1.96 bits per heavy atom. The van der Waals surface area contributed by atoms with Crippen LogP contribution in [-0.2, 0) is 5.41 Å². The number of aromatic nitrogens is 4. The van der Waals surface area contributed by atoms with E-state index in [1.807, 2.05) is 36.4 Å². The normalized spacial score (nSPS) is 13.2. The van der Waals surface area contributed by atoms with Crippen molar-refractivity contribution in [2.45, 2.75) is 19.3 Å². The molecule has 0 radical (unpaired) electrons. The molecule has 0 amide bonds. The molecule has 0 spiro atoms. The molecule has 8 aromatic carbocycles. The van der Waals surface area contributed by atoms with Crippen molar-refractivity contribution in [2.75, 3.05) is 0 Å². The fourth-order valence-corrected chi connectivity index (χ4v) is 9.40. The molecule has 11 aromatic rings. The molecule has 5 heteroatoms. The Morgan fingerprint density at radius 2 is 1.07 bits per heavy atom. The maximum absolute atomic E-state index is 6.36. The first-order valence-electron chi connectivity index (χ1n) is 19.5. The predicted octanol–water partition coefficient (Wildman–Crippen LogP) is 13.3. The first-order chi connectivity index (χ1) is 28.0. The van der Waals surface area contributed by atoms with Gasteiger partial charge in [0, 0.05) is 49.0 Å². The van der Waals surface area contributed by atoms with E-state index >= 15 is 0 Å². The van der Waals surface area contributed by atoms with Crippen molar-refractivity contribution in [1.29, 1.82) is 0 Å². The summed E-state index contributed by atoms with van der Waals surface area (Å²) in [5.74, 6) is 1.73.